The van der Waals surface area contributed by atoms with E-state index in [0.29, 0.717) is 17.8 Å². The summed E-state index contributed by atoms with van der Waals surface area (Å²) in [7, 11) is -0.110. The van der Waals surface area contributed by atoms with Gasteiger partial charge in [0.15, 0.2) is 0 Å². The zero-order chi connectivity index (χ0) is 15.6. The minimum absolute atomic E-state index is 0.180. The van der Waals surface area contributed by atoms with Crippen LogP contribution in [0.15, 0.2) is 35.4 Å². The number of aromatic nitrogens is 1. The topological polar surface area (TPSA) is 63.1 Å². The average Bonchev–Trinajstić information content (AvgIpc) is 2.76. The lowest BCUT2D eigenvalue weighted by atomic mass is 10.2. The first-order valence-electron chi connectivity index (χ1n) is 6.42. The SMILES string of the molecule is CNCc1cc(S(=O)(=O)Nc2ccc(F)cc2C)cn1C. The van der Waals surface area contributed by atoms with Gasteiger partial charge in [0.25, 0.3) is 10.0 Å². The van der Waals surface area contributed by atoms with Crippen molar-refractivity contribution in [2.24, 2.45) is 7.05 Å². The van der Waals surface area contributed by atoms with E-state index >= 15 is 0 Å². The highest BCUT2D eigenvalue weighted by atomic mass is 32.2. The molecule has 0 amide bonds. The second-order valence-corrected chi connectivity index (χ2v) is 6.56. The molecule has 1 aromatic heterocycles. The van der Waals surface area contributed by atoms with Crippen LogP contribution < -0.4 is 10.0 Å². The molecule has 7 heteroatoms. The van der Waals surface area contributed by atoms with Crippen molar-refractivity contribution in [3.8, 4) is 0 Å². The predicted octanol–water partition coefficient (Wildman–Crippen LogP) is 1.99. The molecule has 0 atom stereocenters. The molecular weight excluding hydrogens is 293 g/mol. The molecule has 1 heterocycles. The maximum Gasteiger partial charge on any atom is 0.263 e. The highest BCUT2D eigenvalue weighted by molar-refractivity contribution is 7.92. The molecule has 0 fully saturated rings. The van der Waals surface area contributed by atoms with E-state index in [1.165, 1.54) is 18.2 Å². The van der Waals surface area contributed by atoms with Gasteiger partial charge >= 0.3 is 0 Å². The van der Waals surface area contributed by atoms with Gasteiger partial charge in [-0.1, -0.05) is 0 Å². The van der Waals surface area contributed by atoms with Crippen LogP contribution >= 0.6 is 0 Å². The van der Waals surface area contributed by atoms with Crippen molar-refractivity contribution >= 4 is 15.7 Å². The zero-order valence-corrected chi connectivity index (χ0v) is 13.0. The first-order valence-corrected chi connectivity index (χ1v) is 7.90. The van der Waals surface area contributed by atoms with Gasteiger partial charge in [0, 0.05) is 25.5 Å². The van der Waals surface area contributed by atoms with Crippen molar-refractivity contribution in [1.82, 2.24) is 9.88 Å². The fraction of sp³-hybridized carbons (Fsp3) is 0.286. The summed E-state index contributed by atoms with van der Waals surface area (Å²) in [6.45, 7) is 2.22. The number of nitrogens with one attached hydrogen (secondary N) is 2. The van der Waals surface area contributed by atoms with E-state index in [0.717, 1.165) is 5.69 Å². The smallest absolute Gasteiger partial charge is 0.263 e. The maximum atomic E-state index is 13.1. The van der Waals surface area contributed by atoms with Crippen molar-refractivity contribution in [3.63, 3.8) is 0 Å². The van der Waals surface area contributed by atoms with Crippen molar-refractivity contribution in [2.75, 3.05) is 11.8 Å². The summed E-state index contributed by atoms with van der Waals surface area (Å²) in [6.07, 6.45) is 1.55. The number of anilines is 1. The van der Waals surface area contributed by atoms with Gasteiger partial charge in [-0.15, -0.1) is 0 Å². The first kappa shape index (κ1) is 15.5. The van der Waals surface area contributed by atoms with E-state index in [2.05, 4.69) is 10.0 Å². The molecule has 0 saturated carbocycles. The Labute approximate surface area is 123 Å². The molecule has 1 aromatic carbocycles. The van der Waals surface area contributed by atoms with Gasteiger partial charge in [-0.3, -0.25) is 4.72 Å². The van der Waals surface area contributed by atoms with Gasteiger partial charge in [-0.05, 0) is 43.8 Å². The molecule has 0 bridgehead atoms. The summed E-state index contributed by atoms with van der Waals surface area (Å²) in [5, 5.41) is 2.98. The van der Waals surface area contributed by atoms with Crippen LogP contribution in [0.4, 0.5) is 10.1 Å². The van der Waals surface area contributed by atoms with Crippen LogP contribution in [0.2, 0.25) is 0 Å². The van der Waals surface area contributed by atoms with Gasteiger partial charge in [0.1, 0.15) is 10.7 Å². The molecule has 0 unspecified atom stereocenters. The Hall–Kier alpha value is -1.86. The summed E-state index contributed by atoms with van der Waals surface area (Å²) in [6, 6.07) is 5.54. The Bertz CT molecular complexity index is 754. The maximum absolute atomic E-state index is 13.1. The van der Waals surface area contributed by atoms with E-state index in [9.17, 15) is 12.8 Å². The third-order valence-corrected chi connectivity index (χ3v) is 4.52. The Morgan fingerprint density at radius 1 is 1.29 bits per heavy atom. The normalized spacial score (nSPS) is 11.6. The van der Waals surface area contributed by atoms with E-state index in [1.54, 1.807) is 37.8 Å². The van der Waals surface area contributed by atoms with Crippen LogP contribution in [-0.4, -0.2) is 20.0 Å². The van der Waals surface area contributed by atoms with E-state index < -0.39 is 15.8 Å². The molecule has 0 saturated heterocycles. The lowest BCUT2D eigenvalue weighted by Crippen LogP contribution is -2.13. The Kier molecular flexibility index (Phi) is 4.34. The highest BCUT2D eigenvalue weighted by Gasteiger charge is 2.18. The van der Waals surface area contributed by atoms with Crippen LogP contribution in [0.1, 0.15) is 11.3 Å². The van der Waals surface area contributed by atoms with Crippen molar-refractivity contribution in [2.45, 2.75) is 18.4 Å². The second kappa shape index (κ2) is 5.87. The minimum Gasteiger partial charge on any atom is -0.352 e. The molecule has 0 spiro atoms. The Balaban J connectivity index is 2.32. The molecule has 21 heavy (non-hydrogen) atoms. The average molecular weight is 311 g/mol. The van der Waals surface area contributed by atoms with Gasteiger partial charge in [0.2, 0.25) is 0 Å². The lowest BCUT2D eigenvalue weighted by molar-refractivity contribution is 0.600. The van der Waals surface area contributed by atoms with Crippen molar-refractivity contribution < 1.29 is 12.8 Å². The number of aryl methyl sites for hydroxylation is 2. The molecule has 0 aliphatic heterocycles. The number of halogens is 1. The van der Waals surface area contributed by atoms with Crippen molar-refractivity contribution in [1.29, 1.82) is 0 Å². The molecule has 2 aromatic rings. The lowest BCUT2D eigenvalue weighted by Gasteiger charge is -2.09. The zero-order valence-electron chi connectivity index (χ0n) is 12.1. The monoisotopic (exact) mass is 311 g/mol. The van der Waals surface area contributed by atoms with E-state index in [1.807, 2.05) is 0 Å². The second-order valence-electron chi connectivity index (χ2n) is 4.87. The number of hydrogen-bond donors (Lipinski definition) is 2. The first-order chi connectivity index (χ1) is 9.83. The largest absolute Gasteiger partial charge is 0.352 e. The molecule has 114 valence electrons. The molecular formula is C14H18FN3O2S. The van der Waals surface area contributed by atoms with E-state index in [4.69, 9.17) is 0 Å². The number of rotatable bonds is 5. The summed E-state index contributed by atoms with van der Waals surface area (Å²) in [5.74, 6) is -0.397. The van der Waals surface area contributed by atoms with Gasteiger partial charge in [0.05, 0.1) is 5.69 Å². The highest BCUT2D eigenvalue weighted by Crippen LogP contribution is 2.21. The molecule has 0 aliphatic rings. The van der Waals surface area contributed by atoms with Crippen LogP contribution in [-0.2, 0) is 23.6 Å². The molecule has 2 rings (SSSR count). The third-order valence-electron chi connectivity index (χ3n) is 3.18. The number of hydrogen-bond acceptors (Lipinski definition) is 3. The number of nitrogens with zero attached hydrogens (tertiary/aromatic N) is 1. The fourth-order valence-electron chi connectivity index (χ4n) is 2.03. The summed E-state index contributed by atoms with van der Waals surface area (Å²) >= 11 is 0. The quantitative estimate of drug-likeness (QED) is 0.887. The molecule has 5 nitrogen and oxygen atoms in total. The Morgan fingerprint density at radius 3 is 2.62 bits per heavy atom. The summed E-state index contributed by atoms with van der Waals surface area (Å²) in [4.78, 5) is 0.180. The Morgan fingerprint density at radius 2 is 2.00 bits per heavy atom. The van der Waals surface area contributed by atoms with Gasteiger partial charge in [-0.2, -0.15) is 0 Å². The molecule has 2 N–H and O–H groups in total. The molecule has 0 aliphatic carbocycles. The van der Waals surface area contributed by atoms with Crippen LogP contribution in [0, 0.1) is 12.7 Å². The summed E-state index contributed by atoms with van der Waals surface area (Å²) in [5.41, 5.74) is 1.76. The predicted molar refractivity (Wildman–Crippen MR) is 80.1 cm³/mol. The van der Waals surface area contributed by atoms with Crippen LogP contribution in [0.3, 0.4) is 0 Å². The molecule has 0 radical (unpaired) electrons. The number of benzene rings is 1. The van der Waals surface area contributed by atoms with Gasteiger partial charge < -0.3 is 9.88 Å². The third kappa shape index (κ3) is 3.43. The van der Waals surface area contributed by atoms with Crippen molar-refractivity contribution in [3.05, 3.63) is 47.5 Å². The fourth-order valence-corrected chi connectivity index (χ4v) is 3.25. The van der Waals surface area contributed by atoms with Crippen LogP contribution in [0.25, 0.3) is 0 Å². The number of sulfonamides is 1. The summed E-state index contributed by atoms with van der Waals surface area (Å²) < 4.78 is 42.0. The van der Waals surface area contributed by atoms with Gasteiger partial charge in [-0.25, -0.2) is 12.8 Å². The van der Waals surface area contributed by atoms with Crippen LogP contribution in [0.5, 0.6) is 0 Å². The standard InChI is InChI=1S/C14H18FN3O2S/c1-10-6-11(15)4-5-14(10)17-21(19,20)13-7-12(8-16-2)18(3)9-13/h4-7,9,16-17H,8H2,1-3H3. The minimum atomic E-state index is -3.69. The van der Waals surface area contributed by atoms with E-state index in [-0.39, 0.29) is 4.90 Å².